The van der Waals surface area contributed by atoms with Crippen LogP contribution in [0.4, 0.5) is 17.6 Å². The van der Waals surface area contributed by atoms with Crippen molar-refractivity contribution in [2.24, 2.45) is 0 Å². The molecule has 0 fully saturated rings. The third-order valence-corrected chi connectivity index (χ3v) is 2.34. The summed E-state index contributed by atoms with van der Waals surface area (Å²) in [5.41, 5.74) is 0. The number of nitrogens with zero attached hydrogens (tertiary/aromatic N) is 4. The van der Waals surface area contributed by atoms with Crippen molar-refractivity contribution in [1.82, 2.24) is 19.7 Å². The Kier molecular flexibility index (Phi) is 2.58. The van der Waals surface area contributed by atoms with Gasteiger partial charge in [-0.25, -0.2) is 4.90 Å². The van der Waals surface area contributed by atoms with Crippen molar-refractivity contribution in [3.05, 3.63) is 11.6 Å². The van der Waals surface area contributed by atoms with E-state index >= 15 is 0 Å². The van der Waals surface area contributed by atoms with Crippen molar-refractivity contribution in [3.8, 4) is 0 Å². The van der Waals surface area contributed by atoms with Crippen molar-refractivity contribution < 1.29 is 22.7 Å². The van der Waals surface area contributed by atoms with E-state index in [9.17, 15) is 17.6 Å². The van der Waals surface area contributed by atoms with Crippen LogP contribution in [0.3, 0.4) is 0 Å². The Bertz CT molecular complexity index is 388. The smallest absolute Gasteiger partial charge is 0.352 e. The number of rotatable bonds is 1. The fourth-order valence-electron chi connectivity index (χ4n) is 1.57. The summed E-state index contributed by atoms with van der Waals surface area (Å²) in [6.07, 6.45) is -4.57. The van der Waals surface area contributed by atoms with Crippen molar-refractivity contribution >= 4 is 0 Å². The molecule has 1 aliphatic rings. The van der Waals surface area contributed by atoms with Crippen LogP contribution in [0.15, 0.2) is 0 Å². The lowest BCUT2D eigenvalue weighted by molar-refractivity contribution is -0.149. The number of hydrogen-bond acceptors (Lipinski definition) is 4. The molecule has 0 aromatic carbocycles. The minimum Gasteiger partial charge on any atom is -0.352 e. The summed E-state index contributed by atoms with van der Waals surface area (Å²) in [5.74, 6) is -1.09. The highest BCUT2D eigenvalue weighted by Gasteiger charge is 2.39. The fourth-order valence-corrected chi connectivity index (χ4v) is 1.57. The van der Waals surface area contributed by atoms with Gasteiger partial charge in [0.15, 0.2) is 0 Å². The molecule has 0 radical (unpaired) electrons. The molecule has 0 saturated heterocycles. The van der Waals surface area contributed by atoms with Crippen molar-refractivity contribution in [2.75, 3.05) is 6.54 Å². The molecule has 0 aliphatic carbocycles. The summed E-state index contributed by atoms with van der Waals surface area (Å²) in [7, 11) is 0. The van der Waals surface area contributed by atoms with Crippen LogP contribution in [0.2, 0.25) is 0 Å². The van der Waals surface area contributed by atoms with E-state index in [1.165, 1.54) is 0 Å². The fraction of sp³-hybridized carbons (Fsp3) is 0.714. The van der Waals surface area contributed by atoms with E-state index < -0.39 is 18.5 Å². The standard InChI is InChI=1S/C7H8F4N4O/c8-6(16)14-1-2-15-4(3-14)12-13-5(15)7(9,10)11/h6,16H,1-3H2. The van der Waals surface area contributed by atoms with E-state index in [0.717, 1.165) is 9.47 Å². The lowest BCUT2D eigenvalue weighted by Gasteiger charge is -2.27. The van der Waals surface area contributed by atoms with E-state index in [1.807, 2.05) is 0 Å². The number of aromatic nitrogens is 3. The Morgan fingerprint density at radius 1 is 1.25 bits per heavy atom. The van der Waals surface area contributed by atoms with Crippen molar-refractivity contribution in [1.29, 1.82) is 0 Å². The lowest BCUT2D eigenvalue weighted by Crippen LogP contribution is -2.39. The molecule has 0 amide bonds. The van der Waals surface area contributed by atoms with Gasteiger partial charge in [-0.3, -0.25) is 0 Å². The summed E-state index contributed by atoms with van der Waals surface area (Å²) < 4.78 is 50.6. The zero-order valence-corrected chi connectivity index (χ0v) is 7.95. The van der Waals surface area contributed by atoms with Crippen LogP contribution in [-0.2, 0) is 19.3 Å². The Balaban J connectivity index is 2.27. The van der Waals surface area contributed by atoms with Crippen LogP contribution in [0.5, 0.6) is 0 Å². The molecule has 16 heavy (non-hydrogen) atoms. The maximum absolute atomic E-state index is 12.5. The molecule has 1 unspecified atom stereocenters. The summed E-state index contributed by atoms with van der Waals surface area (Å²) in [6, 6.07) is 0. The van der Waals surface area contributed by atoms with Crippen LogP contribution in [0.25, 0.3) is 0 Å². The summed E-state index contributed by atoms with van der Waals surface area (Å²) in [4.78, 5) is 0.962. The van der Waals surface area contributed by atoms with Gasteiger partial charge in [0.2, 0.25) is 5.82 Å². The van der Waals surface area contributed by atoms with Crippen molar-refractivity contribution in [2.45, 2.75) is 25.7 Å². The zero-order chi connectivity index (χ0) is 11.9. The third-order valence-electron chi connectivity index (χ3n) is 2.34. The second kappa shape index (κ2) is 3.67. The lowest BCUT2D eigenvalue weighted by atomic mass is 10.3. The first-order chi connectivity index (χ1) is 7.39. The monoisotopic (exact) mass is 240 g/mol. The Labute approximate surface area is 87.3 Å². The maximum atomic E-state index is 12.5. The largest absolute Gasteiger partial charge is 0.451 e. The molecule has 2 rings (SSSR count). The highest BCUT2D eigenvalue weighted by molar-refractivity contribution is 5.02. The molecule has 90 valence electrons. The molecular formula is C7H8F4N4O. The first-order valence-corrected chi connectivity index (χ1v) is 4.45. The molecule has 1 aromatic heterocycles. The Morgan fingerprint density at radius 3 is 2.50 bits per heavy atom. The number of hydrogen-bond donors (Lipinski definition) is 1. The van der Waals surface area contributed by atoms with Crippen LogP contribution in [0.1, 0.15) is 11.6 Å². The van der Waals surface area contributed by atoms with Crippen LogP contribution < -0.4 is 0 Å². The maximum Gasteiger partial charge on any atom is 0.451 e. The average molecular weight is 240 g/mol. The number of aliphatic hydroxyl groups excluding tert-OH is 1. The van der Waals surface area contributed by atoms with E-state index in [2.05, 4.69) is 10.2 Å². The first kappa shape index (κ1) is 11.3. The molecule has 1 aliphatic heterocycles. The minimum absolute atomic E-state index is 0.00437. The number of fused-ring (bicyclic) bond motifs is 1. The van der Waals surface area contributed by atoms with Gasteiger partial charge in [-0.05, 0) is 0 Å². The Morgan fingerprint density at radius 2 is 1.94 bits per heavy atom. The average Bonchev–Trinajstić information content (AvgIpc) is 2.58. The van der Waals surface area contributed by atoms with Gasteiger partial charge in [0, 0.05) is 13.1 Å². The van der Waals surface area contributed by atoms with E-state index in [1.54, 1.807) is 0 Å². The summed E-state index contributed by atoms with van der Waals surface area (Å²) >= 11 is 0. The molecule has 1 atom stereocenters. The predicted molar refractivity (Wildman–Crippen MR) is 42.5 cm³/mol. The Hall–Kier alpha value is -1.22. The molecule has 9 heteroatoms. The number of aliphatic hydroxyl groups is 1. The van der Waals surface area contributed by atoms with Gasteiger partial charge in [-0.15, -0.1) is 10.2 Å². The molecule has 0 spiro atoms. The third kappa shape index (κ3) is 1.87. The first-order valence-electron chi connectivity index (χ1n) is 4.45. The van der Waals surface area contributed by atoms with Gasteiger partial charge in [0.1, 0.15) is 5.82 Å². The second-order valence-electron chi connectivity index (χ2n) is 3.37. The molecule has 1 N–H and O–H groups in total. The van der Waals surface area contributed by atoms with Crippen LogP contribution in [-0.4, -0.2) is 37.8 Å². The number of halogens is 4. The second-order valence-corrected chi connectivity index (χ2v) is 3.37. The van der Waals surface area contributed by atoms with E-state index in [0.29, 0.717) is 0 Å². The van der Waals surface area contributed by atoms with Crippen LogP contribution in [0, 0.1) is 0 Å². The summed E-state index contributed by atoms with van der Waals surface area (Å²) in [6.45, 7) is -2.51. The molecule has 1 aromatic rings. The molecule has 5 nitrogen and oxygen atoms in total. The summed E-state index contributed by atoms with van der Waals surface area (Å²) in [5, 5.41) is 15.0. The van der Waals surface area contributed by atoms with Gasteiger partial charge in [-0.2, -0.15) is 17.6 Å². The number of alkyl halides is 4. The molecular weight excluding hydrogens is 232 g/mol. The van der Waals surface area contributed by atoms with Crippen molar-refractivity contribution in [3.63, 3.8) is 0 Å². The molecule has 0 bridgehead atoms. The van der Waals surface area contributed by atoms with E-state index in [-0.39, 0.29) is 25.5 Å². The van der Waals surface area contributed by atoms with Crippen LogP contribution >= 0.6 is 0 Å². The van der Waals surface area contributed by atoms with Gasteiger partial charge in [-0.1, -0.05) is 0 Å². The van der Waals surface area contributed by atoms with Gasteiger partial charge in [0.05, 0.1) is 6.54 Å². The minimum atomic E-state index is -4.57. The predicted octanol–water partition coefficient (Wildman–Crippen LogP) is 0.358. The SMILES string of the molecule is OC(F)N1CCn2c(nnc2C(F)(F)F)C1. The highest BCUT2D eigenvalue weighted by Crippen LogP contribution is 2.29. The quantitative estimate of drug-likeness (QED) is 0.568. The highest BCUT2D eigenvalue weighted by atomic mass is 19.4. The van der Waals surface area contributed by atoms with Gasteiger partial charge < -0.3 is 9.67 Å². The topological polar surface area (TPSA) is 54.2 Å². The van der Waals surface area contributed by atoms with Gasteiger partial charge >= 0.3 is 6.18 Å². The zero-order valence-electron chi connectivity index (χ0n) is 7.95. The molecule has 2 heterocycles. The molecule has 0 saturated carbocycles. The normalized spacial score (nSPS) is 19.6. The van der Waals surface area contributed by atoms with Gasteiger partial charge in [0.25, 0.3) is 6.48 Å². The van der Waals surface area contributed by atoms with E-state index in [4.69, 9.17) is 5.11 Å².